The van der Waals surface area contributed by atoms with Crippen LogP contribution < -0.4 is 0 Å². The van der Waals surface area contributed by atoms with Crippen LogP contribution in [0.5, 0.6) is 0 Å². The predicted octanol–water partition coefficient (Wildman–Crippen LogP) is 3.89. The molecule has 2 fully saturated rings. The minimum atomic E-state index is -3.05. The highest BCUT2D eigenvalue weighted by Crippen LogP contribution is 2.30. The lowest BCUT2D eigenvalue weighted by molar-refractivity contribution is -0.133. The van der Waals surface area contributed by atoms with Crippen molar-refractivity contribution in [3.63, 3.8) is 0 Å². The Kier molecular flexibility index (Phi) is 6.96. The Labute approximate surface area is 188 Å². The smallest absolute Gasteiger partial charge is 0.233 e. The van der Waals surface area contributed by atoms with E-state index in [2.05, 4.69) is 9.97 Å². The van der Waals surface area contributed by atoms with Gasteiger partial charge in [-0.2, -0.15) is 0 Å². The van der Waals surface area contributed by atoms with Gasteiger partial charge in [-0.3, -0.25) is 4.79 Å². The summed E-state index contributed by atoms with van der Waals surface area (Å²) in [5, 5.41) is 0.579. The van der Waals surface area contributed by atoms with Crippen LogP contribution in [-0.4, -0.2) is 58.5 Å². The molecule has 8 heteroatoms. The molecule has 1 aliphatic heterocycles. The molecule has 0 unspecified atom stereocenters. The number of carbonyl (C=O) groups excluding carboxylic acids is 1. The maximum absolute atomic E-state index is 13.3. The fourth-order valence-electron chi connectivity index (χ4n) is 4.62. The molecule has 2 aliphatic rings. The van der Waals surface area contributed by atoms with Gasteiger partial charge in [0.1, 0.15) is 0 Å². The molecule has 1 saturated carbocycles. The highest BCUT2D eigenvalue weighted by Gasteiger charge is 2.38. The average Bonchev–Trinajstić information content (AvgIpc) is 3.12. The molecule has 0 spiro atoms. The van der Waals surface area contributed by atoms with Crippen LogP contribution in [0.15, 0.2) is 41.6 Å². The Balaban J connectivity index is 1.49. The molecular formula is C23H29N3O3S2. The highest BCUT2D eigenvalue weighted by atomic mass is 32.2. The summed E-state index contributed by atoms with van der Waals surface area (Å²) < 4.78 is 24.2. The van der Waals surface area contributed by atoms with Crippen molar-refractivity contribution in [1.82, 2.24) is 14.9 Å². The summed E-state index contributed by atoms with van der Waals surface area (Å²) in [6, 6.07) is 11.8. The van der Waals surface area contributed by atoms with Crippen molar-refractivity contribution in [3.8, 4) is 11.3 Å². The first-order valence-corrected chi connectivity index (χ1v) is 13.8. The number of thioether (sulfide) groups is 1. The van der Waals surface area contributed by atoms with Crippen molar-refractivity contribution in [1.29, 1.82) is 0 Å². The summed E-state index contributed by atoms with van der Waals surface area (Å²) in [4.78, 5) is 24.4. The number of carbonyl (C=O) groups is 1. The topological polar surface area (TPSA) is 80.2 Å². The van der Waals surface area contributed by atoms with Gasteiger partial charge in [-0.05, 0) is 32.3 Å². The van der Waals surface area contributed by atoms with Gasteiger partial charge < -0.3 is 4.90 Å². The second kappa shape index (κ2) is 9.69. The second-order valence-electron chi connectivity index (χ2n) is 8.48. The van der Waals surface area contributed by atoms with Gasteiger partial charge in [-0.15, -0.1) is 0 Å². The van der Waals surface area contributed by atoms with Crippen LogP contribution in [0.3, 0.4) is 0 Å². The molecule has 6 nitrogen and oxygen atoms in total. The van der Waals surface area contributed by atoms with Crippen molar-refractivity contribution in [2.45, 2.75) is 62.7 Å². The van der Waals surface area contributed by atoms with Crippen molar-refractivity contribution < 1.29 is 13.2 Å². The molecular weight excluding hydrogens is 430 g/mol. The largest absolute Gasteiger partial charge is 0.335 e. The molecule has 166 valence electrons. The number of rotatable bonds is 6. The number of nitrogens with zero attached hydrogens (tertiary/aromatic N) is 3. The molecule has 2 aromatic rings. The molecule has 1 atom stereocenters. The number of hydrogen-bond donors (Lipinski definition) is 0. The van der Waals surface area contributed by atoms with E-state index in [4.69, 9.17) is 0 Å². The minimum absolute atomic E-state index is 0.00497. The van der Waals surface area contributed by atoms with E-state index in [1.807, 2.05) is 48.2 Å². The summed E-state index contributed by atoms with van der Waals surface area (Å²) in [7, 11) is -3.05. The SMILES string of the molecule is Cc1cc(-c2ccccc2)nc(SCC(=O)N(C2CCCCC2)[C@@H]2CCS(=O)(=O)C2)n1. The van der Waals surface area contributed by atoms with Crippen LogP contribution in [0.25, 0.3) is 11.3 Å². The Morgan fingerprint density at radius 1 is 1.06 bits per heavy atom. The minimum Gasteiger partial charge on any atom is -0.335 e. The Hall–Kier alpha value is -1.93. The standard InChI is InChI=1S/C23H29N3O3S2/c1-17-14-21(18-8-4-2-5-9-18)25-23(24-17)30-15-22(27)26(19-10-6-3-7-11-19)20-12-13-31(28,29)16-20/h2,4-5,8-9,14,19-20H,3,6-7,10-13,15-16H2,1H3/t20-/m1/s1. The summed E-state index contributed by atoms with van der Waals surface area (Å²) in [5.74, 6) is 0.511. The van der Waals surface area contributed by atoms with Gasteiger partial charge in [0, 0.05) is 23.3 Å². The van der Waals surface area contributed by atoms with E-state index in [-0.39, 0.29) is 35.2 Å². The predicted molar refractivity (Wildman–Crippen MR) is 124 cm³/mol. The van der Waals surface area contributed by atoms with Gasteiger partial charge in [0.2, 0.25) is 5.91 Å². The number of aromatic nitrogens is 2. The van der Waals surface area contributed by atoms with Crippen molar-refractivity contribution in [2.75, 3.05) is 17.3 Å². The van der Waals surface area contributed by atoms with E-state index in [1.54, 1.807) is 0 Å². The quantitative estimate of drug-likeness (QED) is 0.482. The van der Waals surface area contributed by atoms with Gasteiger partial charge in [-0.1, -0.05) is 61.4 Å². The molecule has 0 N–H and O–H groups in total. The molecule has 1 saturated heterocycles. The number of aryl methyl sites for hydroxylation is 1. The van der Waals surface area contributed by atoms with Crippen molar-refractivity contribution in [2.24, 2.45) is 0 Å². The van der Waals surface area contributed by atoms with Crippen molar-refractivity contribution >= 4 is 27.5 Å². The van der Waals surface area contributed by atoms with E-state index in [0.717, 1.165) is 42.6 Å². The maximum Gasteiger partial charge on any atom is 0.233 e. The van der Waals surface area contributed by atoms with Gasteiger partial charge in [0.15, 0.2) is 15.0 Å². The lowest BCUT2D eigenvalue weighted by atomic mass is 9.93. The van der Waals surface area contributed by atoms with Gasteiger partial charge in [-0.25, -0.2) is 18.4 Å². The van der Waals surface area contributed by atoms with Gasteiger partial charge in [0.25, 0.3) is 0 Å². The van der Waals surface area contributed by atoms with Gasteiger partial charge in [0.05, 0.1) is 23.0 Å². The molecule has 0 radical (unpaired) electrons. The highest BCUT2D eigenvalue weighted by molar-refractivity contribution is 7.99. The zero-order valence-electron chi connectivity index (χ0n) is 17.9. The number of amides is 1. The molecule has 1 amide bonds. The molecule has 0 bridgehead atoms. The molecule has 1 aromatic heterocycles. The first-order valence-electron chi connectivity index (χ1n) is 11.0. The first kappa shape index (κ1) is 22.3. The van der Waals surface area contributed by atoms with Crippen LogP contribution in [0, 0.1) is 6.92 Å². The lowest BCUT2D eigenvalue weighted by Crippen LogP contribution is -2.49. The zero-order chi connectivity index (χ0) is 21.8. The van der Waals surface area contributed by atoms with Crippen LogP contribution in [-0.2, 0) is 14.6 Å². The van der Waals surface area contributed by atoms with E-state index < -0.39 is 9.84 Å². The fraction of sp³-hybridized carbons (Fsp3) is 0.522. The normalized spacial score (nSPS) is 21.1. The summed E-state index contributed by atoms with van der Waals surface area (Å²) >= 11 is 1.34. The van der Waals surface area contributed by atoms with Crippen molar-refractivity contribution in [3.05, 3.63) is 42.1 Å². The van der Waals surface area contributed by atoms with Crippen LogP contribution in [0.1, 0.15) is 44.2 Å². The monoisotopic (exact) mass is 459 g/mol. The maximum atomic E-state index is 13.3. The molecule has 1 aromatic carbocycles. The zero-order valence-corrected chi connectivity index (χ0v) is 19.5. The first-order chi connectivity index (χ1) is 14.9. The Bertz CT molecular complexity index is 1020. The average molecular weight is 460 g/mol. The fourth-order valence-corrected chi connectivity index (χ4v) is 7.11. The third-order valence-electron chi connectivity index (χ3n) is 6.09. The Morgan fingerprint density at radius 2 is 1.81 bits per heavy atom. The summed E-state index contributed by atoms with van der Waals surface area (Å²) in [6.45, 7) is 1.93. The molecule has 1 aliphatic carbocycles. The Morgan fingerprint density at radius 3 is 2.48 bits per heavy atom. The van der Waals surface area contributed by atoms with Crippen LogP contribution in [0.4, 0.5) is 0 Å². The molecule has 4 rings (SSSR count). The number of benzene rings is 1. The second-order valence-corrected chi connectivity index (χ2v) is 11.7. The van der Waals surface area contributed by atoms with Crippen LogP contribution in [0.2, 0.25) is 0 Å². The van der Waals surface area contributed by atoms with E-state index >= 15 is 0 Å². The van der Waals surface area contributed by atoms with E-state index in [0.29, 0.717) is 11.6 Å². The van der Waals surface area contributed by atoms with Gasteiger partial charge >= 0.3 is 0 Å². The molecule has 31 heavy (non-hydrogen) atoms. The van der Waals surface area contributed by atoms with E-state index in [9.17, 15) is 13.2 Å². The molecule has 2 heterocycles. The lowest BCUT2D eigenvalue weighted by Gasteiger charge is -2.38. The third kappa shape index (κ3) is 5.66. The summed E-state index contributed by atoms with van der Waals surface area (Å²) in [6.07, 6.45) is 5.87. The number of sulfone groups is 1. The van der Waals surface area contributed by atoms with E-state index in [1.165, 1.54) is 18.2 Å². The third-order valence-corrected chi connectivity index (χ3v) is 8.67. The number of hydrogen-bond acceptors (Lipinski definition) is 6. The van der Waals surface area contributed by atoms with Crippen LogP contribution >= 0.6 is 11.8 Å². The summed E-state index contributed by atoms with van der Waals surface area (Å²) in [5.41, 5.74) is 2.71.